The average Bonchev–Trinajstić information content (AvgIpc) is 2.86. The zero-order valence-corrected chi connectivity index (χ0v) is 11.2. The van der Waals surface area contributed by atoms with Crippen molar-refractivity contribution in [2.45, 2.75) is 17.4 Å². The number of amidine groups is 1. The fourth-order valence-corrected chi connectivity index (χ4v) is 3.68. The lowest BCUT2D eigenvalue weighted by Crippen LogP contribution is -2.31. The molecule has 2 aliphatic rings. The molecule has 0 saturated carbocycles. The Hall–Kier alpha value is -1.81. The Morgan fingerprint density at radius 2 is 2.00 bits per heavy atom. The number of hydrogen-bond acceptors (Lipinski definition) is 4. The molecule has 0 fully saturated rings. The van der Waals surface area contributed by atoms with E-state index in [4.69, 9.17) is 4.99 Å². The lowest BCUT2D eigenvalue weighted by molar-refractivity contribution is 0.621. The van der Waals surface area contributed by atoms with Gasteiger partial charge in [0.15, 0.2) is 5.17 Å². The molecule has 3 heterocycles. The number of anilines is 1. The van der Waals surface area contributed by atoms with Crippen LogP contribution in [-0.2, 0) is 0 Å². The molecule has 0 bridgehead atoms. The van der Waals surface area contributed by atoms with Crippen LogP contribution in [0.5, 0.6) is 0 Å². The molecule has 0 spiro atoms. The van der Waals surface area contributed by atoms with Crippen molar-refractivity contribution in [1.82, 2.24) is 4.98 Å². The first-order valence-electron chi connectivity index (χ1n) is 6.45. The maximum Gasteiger partial charge on any atom is 0.169 e. The molecule has 4 rings (SSSR count). The van der Waals surface area contributed by atoms with Crippen molar-refractivity contribution < 1.29 is 0 Å². The predicted molar refractivity (Wildman–Crippen MR) is 78.7 cm³/mol. The highest BCUT2D eigenvalue weighted by Gasteiger charge is 2.31. The summed E-state index contributed by atoms with van der Waals surface area (Å²) in [5.74, 6) is 0. The van der Waals surface area contributed by atoms with E-state index in [1.807, 2.05) is 18.3 Å². The van der Waals surface area contributed by atoms with Gasteiger partial charge in [0, 0.05) is 17.6 Å². The third-order valence-corrected chi connectivity index (χ3v) is 4.58. The Morgan fingerprint density at radius 1 is 1.11 bits per heavy atom. The van der Waals surface area contributed by atoms with Gasteiger partial charge in [0.25, 0.3) is 0 Å². The maximum atomic E-state index is 4.87. The van der Waals surface area contributed by atoms with Gasteiger partial charge < -0.3 is 4.90 Å². The molecule has 4 heteroatoms. The monoisotopic (exact) mass is 267 g/mol. The minimum absolute atomic E-state index is 0.203. The van der Waals surface area contributed by atoms with Gasteiger partial charge >= 0.3 is 0 Å². The molecule has 19 heavy (non-hydrogen) atoms. The van der Waals surface area contributed by atoms with Crippen molar-refractivity contribution in [2.24, 2.45) is 4.99 Å². The van der Waals surface area contributed by atoms with Crippen molar-refractivity contribution in [2.75, 3.05) is 11.4 Å². The van der Waals surface area contributed by atoms with Gasteiger partial charge in [-0.15, -0.1) is 0 Å². The second kappa shape index (κ2) is 4.38. The van der Waals surface area contributed by atoms with E-state index in [1.165, 1.54) is 10.6 Å². The standard InChI is InChI=1S/C15H13N3S/c1-2-7-14-13(6-1)18-10-8-12(17-15(18)19-14)11-5-3-4-9-16-11/h1-7,9,12H,8,10H2. The van der Waals surface area contributed by atoms with Gasteiger partial charge in [-0.05, 0) is 42.4 Å². The highest BCUT2D eigenvalue weighted by atomic mass is 32.2. The molecular weight excluding hydrogens is 254 g/mol. The Labute approximate surface area is 116 Å². The summed E-state index contributed by atoms with van der Waals surface area (Å²) in [6, 6.07) is 14.8. The quantitative estimate of drug-likeness (QED) is 0.791. The number of aromatic nitrogens is 1. The molecule has 2 aromatic rings. The van der Waals surface area contributed by atoms with Crippen LogP contribution >= 0.6 is 11.8 Å². The van der Waals surface area contributed by atoms with Gasteiger partial charge in [-0.3, -0.25) is 9.98 Å². The summed E-state index contributed by atoms with van der Waals surface area (Å²) in [6.07, 6.45) is 2.87. The number of pyridine rings is 1. The number of thioether (sulfide) groups is 1. The minimum Gasteiger partial charge on any atom is -0.320 e. The average molecular weight is 267 g/mol. The van der Waals surface area contributed by atoms with E-state index in [0.29, 0.717) is 0 Å². The molecule has 1 aromatic carbocycles. The van der Waals surface area contributed by atoms with Crippen LogP contribution in [0.25, 0.3) is 0 Å². The first-order chi connectivity index (χ1) is 9.42. The molecular formula is C15H13N3S. The second-order valence-electron chi connectivity index (χ2n) is 4.69. The third-order valence-electron chi connectivity index (χ3n) is 3.51. The number of benzene rings is 1. The molecule has 1 unspecified atom stereocenters. The topological polar surface area (TPSA) is 28.5 Å². The number of rotatable bonds is 1. The number of aliphatic imine (C=N–C) groups is 1. The lowest BCUT2D eigenvalue weighted by Gasteiger charge is -2.27. The van der Waals surface area contributed by atoms with Crippen molar-refractivity contribution in [3.8, 4) is 0 Å². The highest BCUT2D eigenvalue weighted by Crippen LogP contribution is 2.43. The van der Waals surface area contributed by atoms with Gasteiger partial charge in [-0.1, -0.05) is 18.2 Å². The predicted octanol–water partition coefficient (Wildman–Crippen LogP) is 3.49. The van der Waals surface area contributed by atoms with Crippen LogP contribution in [-0.4, -0.2) is 16.7 Å². The summed E-state index contributed by atoms with van der Waals surface area (Å²) in [6.45, 7) is 1.02. The van der Waals surface area contributed by atoms with Crippen LogP contribution in [0.3, 0.4) is 0 Å². The van der Waals surface area contributed by atoms with Crippen LogP contribution in [0.2, 0.25) is 0 Å². The van der Waals surface area contributed by atoms with Crippen LogP contribution < -0.4 is 4.90 Å². The summed E-state index contributed by atoms with van der Waals surface area (Å²) >= 11 is 1.77. The van der Waals surface area contributed by atoms with Gasteiger partial charge in [0.1, 0.15) is 0 Å². The summed E-state index contributed by atoms with van der Waals surface area (Å²) in [4.78, 5) is 12.9. The third kappa shape index (κ3) is 1.83. The molecule has 2 aliphatic heterocycles. The first-order valence-corrected chi connectivity index (χ1v) is 7.26. The Balaban J connectivity index is 1.69. The zero-order chi connectivity index (χ0) is 12.7. The van der Waals surface area contributed by atoms with Crippen LogP contribution in [0, 0.1) is 0 Å². The van der Waals surface area contributed by atoms with E-state index < -0.39 is 0 Å². The summed E-state index contributed by atoms with van der Waals surface area (Å²) in [5.41, 5.74) is 2.37. The summed E-state index contributed by atoms with van der Waals surface area (Å²) in [5, 5.41) is 1.11. The minimum atomic E-state index is 0.203. The van der Waals surface area contributed by atoms with Crippen LogP contribution in [0.4, 0.5) is 5.69 Å². The first kappa shape index (κ1) is 11.1. The highest BCUT2D eigenvalue weighted by molar-refractivity contribution is 8.14. The van der Waals surface area contributed by atoms with Crippen molar-refractivity contribution >= 4 is 22.6 Å². The van der Waals surface area contributed by atoms with Crippen molar-refractivity contribution in [3.63, 3.8) is 0 Å². The molecule has 94 valence electrons. The van der Waals surface area contributed by atoms with Gasteiger partial charge in [-0.25, -0.2) is 0 Å². The van der Waals surface area contributed by atoms with Crippen molar-refractivity contribution in [3.05, 3.63) is 54.4 Å². The van der Waals surface area contributed by atoms with E-state index in [0.717, 1.165) is 23.8 Å². The maximum absolute atomic E-state index is 4.87. The fourth-order valence-electron chi connectivity index (χ4n) is 2.57. The molecule has 0 N–H and O–H groups in total. The van der Waals surface area contributed by atoms with Crippen LogP contribution in [0.15, 0.2) is 58.5 Å². The molecule has 3 nitrogen and oxygen atoms in total. The molecule has 0 radical (unpaired) electrons. The Kier molecular flexibility index (Phi) is 2.55. The largest absolute Gasteiger partial charge is 0.320 e. The number of nitrogens with zero attached hydrogens (tertiary/aromatic N) is 3. The summed E-state index contributed by atoms with van der Waals surface area (Å²) < 4.78 is 0. The molecule has 0 amide bonds. The number of para-hydroxylation sites is 1. The van der Waals surface area contributed by atoms with Crippen molar-refractivity contribution in [1.29, 1.82) is 0 Å². The second-order valence-corrected chi connectivity index (χ2v) is 5.70. The fraction of sp³-hybridized carbons (Fsp3) is 0.200. The van der Waals surface area contributed by atoms with E-state index in [2.05, 4.69) is 40.2 Å². The Bertz CT molecular complexity index is 639. The van der Waals surface area contributed by atoms with E-state index in [1.54, 1.807) is 11.8 Å². The summed E-state index contributed by atoms with van der Waals surface area (Å²) in [7, 11) is 0. The number of hydrogen-bond donors (Lipinski definition) is 0. The normalized spacial score (nSPS) is 20.7. The smallest absolute Gasteiger partial charge is 0.169 e. The molecule has 0 saturated heterocycles. The zero-order valence-electron chi connectivity index (χ0n) is 10.4. The van der Waals surface area contributed by atoms with E-state index in [-0.39, 0.29) is 6.04 Å². The molecule has 1 atom stereocenters. The van der Waals surface area contributed by atoms with E-state index in [9.17, 15) is 0 Å². The number of fused-ring (bicyclic) bond motifs is 3. The SMILES string of the molecule is c1ccc(C2CCN3C(=N2)Sc2ccccc23)nc1. The lowest BCUT2D eigenvalue weighted by atomic mass is 10.1. The Morgan fingerprint density at radius 3 is 2.89 bits per heavy atom. The van der Waals surface area contributed by atoms with Gasteiger partial charge in [0.2, 0.25) is 0 Å². The van der Waals surface area contributed by atoms with Crippen LogP contribution in [0.1, 0.15) is 18.2 Å². The van der Waals surface area contributed by atoms with E-state index >= 15 is 0 Å². The molecule has 1 aromatic heterocycles. The van der Waals surface area contributed by atoms with Gasteiger partial charge in [-0.2, -0.15) is 0 Å². The molecule has 0 aliphatic carbocycles. The van der Waals surface area contributed by atoms with Gasteiger partial charge in [0.05, 0.1) is 17.4 Å².